The molecule has 0 unspecified atom stereocenters. The highest BCUT2D eigenvalue weighted by Gasteiger charge is 2.21. The summed E-state index contributed by atoms with van der Waals surface area (Å²) in [6.07, 6.45) is 0. The Morgan fingerprint density at radius 1 is 1.03 bits per heavy atom. The lowest BCUT2D eigenvalue weighted by Crippen LogP contribution is -2.33. The van der Waals surface area contributed by atoms with Crippen LogP contribution in [0.5, 0.6) is 5.75 Å². The number of carbonyl (C=O) groups is 1. The van der Waals surface area contributed by atoms with Crippen LogP contribution in [0.3, 0.4) is 0 Å². The van der Waals surface area contributed by atoms with E-state index in [1.807, 2.05) is 55.5 Å². The first-order valence-corrected chi connectivity index (χ1v) is 11.2. The topological polar surface area (TPSA) is 111 Å². The van der Waals surface area contributed by atoms with Crippen LogP contribution in [-0.4, -0.2) is 21.4 Å². The number of hydrogen-bond acceptors (Lipinski definition) is 5. The smallest absolute Gasteiger partial charge is 0.246 e. The number of sulfonamides is 1. The molecule has 0 fully saturated rings. The fourth-order valence-corrected chi connectivity index (χ4v) is 3.66. The molecule has 3 aromatic rings. The van der Waals surface area contributed by atoms with Crippen LogP contribution in [0.4, 0.5) is 5.69 Å². The SMILES string of the molecule is COc1ccc(C)cc1NC(=O)[C@H](NCc1ccc(S(N)(=O)=O)cc1)c1ccccc1. The zero-order valence-electron chi connectivity index (χ0n) is 17.3. The molecule has 0 aromatic heterocycles. The lowest BCUT2D eigenvalue weighted by Gasteiger charge is -2.20. The van der Waals surface area contributed by atoms with E-state index in [-0.39, 0.29) is 10.8 Å². The highest BCUT2D eigenvalue weighted by atomic mass is 32.2. The minimum Gasteiger partial charge on any atom is -0.495 e. The second-order valence-corrected chi connectivity index (χ2v) is 8.67. The number of ether oxygens (including phenoxy) is 1. The van der Waals surface area contributed by atoms with Gasteiger partial charge in [-0.25, -0.2) is 13.6 Å². The Morgan fingerprint density at radius 2 is 1.71 bits per heavy atom. The molecule has 8 heteroatoms. The summed E-state index contributed by atoms with van der Waals surface area (Å²) in [5.74, 6) is 0.334. The average Bonchev–Trinajstić information content (AvgIpc) is 2.74. The van der Waals surface area contributed by atoms with Gasteiger partial charge in [-0.2, -0.15) is 0 Å². The van der Waals surface area contributed by atoms with Crippen LogP contribution in [0.15, 0.2) is 77.7 Å². The Hall–Kier alpha value is -3.20. The van der Waals surface area contributed by atoms with Crippen LogP contribution in [0.2, 0.25) is 0 Å². The van der Waals surface area contributed by atoms with Crippen molar-refractivity contribution in [3.63, 3.8) is 0 Å². The van der Waals surface area contributed by atoms with Gasteiger partial charge in [0.15, 0.2) is 0 Å². The molecule has 4 N–H and O–H groups in total. The van der Waals surface area contributed by atoms with Gasteiger partial charge in [0.2, 0.25) is 15.9 Å². The maximum atomic E-state index is 13.2. The van der Waals surface area contributed by atoms with Gasteiger partial charge >= 0.3 is 0 Å². The summed E-state index contributed by atoms with van der Waals surface area (Å²) in [7, 11) is -2.19. The molecule has 0 bridgehead atoms. The Bertz CT molecular complexity index is 1150. The van der Waals surface area contributed by atoms with Gasteiger partial charge in [-0.1, -0.05) is 48.5 Å². The summed E-state index contributed by atoms with van der Waals surface area (Å²) < 4.78 is 28.2. The number of methoxy groups -OCH3 is 1. The van der Waals surface area contributed by atoms with E-state index < -0.39 is 16.1 Å². The first kappa shape index (κ1) is 22.5. The van der Waals surface area contributed by atoms with Gasteiger partial charge in [-0.05, 0) is 47.9 Å². The van der Waals surface area contributed by atoms with Gasteiger partial charge in [-0.3, -0.25) is 10.1 Å². The summed E-state index contributed by atoms with van der Waals surface area (Å²) in [4.78, 5) is 13.2. The summed E-state index contributed by atoms with van der Waals surface area (Å²) >= 11 is 0. The first-order valence-electron chi connectivity index (χ1n) is 9.63. The first-order chi connectivity index (χ1) is 14.8. The molecule has 1 atom stereocenters. The van der Waals surface area contributed by atoms with Gasteiger partial charge in [0.25, 0.3) is 0 Å². The molecule has 0 radical (unpaired) electrons. The van der Waals surface area contributed by atoms with Gasteiger partial charge in [0, 0.05) is 6.54 Å². The number of benzene rings is 3. The minimum atomic E-state index is -3.75. The van der Waals surface area contributed by atoms with Crippen molar-refractivity contribution in [2.24, 2.45) is 5.14 Å². The maximum absolute atomic E-state index is 13.2. The van der Waals surface area contributed by atoms with Crippen molar-refractivity contribution in [1.82, 2.24) is 5.32 Å². The fourth-order valence-electron chi connectivity index (χ4n) is 3.15. The highest BCUT2D eigenvalue weighted by molar-refractivity contribution is 7.89. The molecule has 31 heavy (non-hydrogen) atoms. The summed E-state index contributed by atoms with van der Waals surface area (Å²) in [6.45, 7) is 2.29. The van der Waals surface area contributed by atoms with E-state index in [4.69, 9.17) is 9.88 Å². The monoisotopic (exact) mass is 439 g/mol. The molecule has 162 valence electrons. The predicted octanol–water partition coefficient (Wildman–Crippen LogP) is 3.12. The Morgan fingerprint density at radius 3 is 2.32 bits per heavy atom. The van der Waals surface area contributed by atoms with Crippen LogP contribution < -0.4 is 20.5 Å². The molecule has 1 amide bonds. The number of rotatable bonds is 8. The number of anilines is 1. The van der Waals surface area contributed by atoms with Crippen molar-refractivity contribution in [2.75, 3.05) is 12.4 Å². The third-order valence-electron chi connectivity index (χ3n) is 4.77. The van der Waals surface area contributed by atoms with Gasteiger partial charge in [0.1, 0.15) is 11.8 Å². The molecule has 0 saturated heterocycles. The Labute approximate surface area is 182 Å². The molecule has 7 nitrogen and oxygen atoms in total. The summed E-state index contributed by atoms with van der Waals surface area (Å²) in [6, 6.07) is 20.5. The van der Waals surface area contributed by atoms with E-state index in [9.17, 15) is 13.2 Å². The average molecular weight is 440 g/mol. The van der Waals surface area contributed by atoms with E-state index in [1.165, 1.54) is 12.1 Å². The van der Waals surface area contributed by atoms with Gasteiger partial charge in [-0.15, -0.1) is 0 Å². The molecular formula is C23H25N3O4S. The molecule has 3 aromatic carbocycles. The van der Waals surface area contributed by atoms with Crippen molar-refractivity contribution in [3.8, 4) is 5.75 Å². The van der Waals surface area contributed by atoms with E-state index >= 15 is 0 Å². The van der Waals surface area contributed by atoms with Crippen molar-refractivity contribution >= 4 is 21.6 Å². The van der Waals surface area contributed by atoms with E-state index in [2.05, 4.69) is 10.6 Å². The molecule has 0 saturated carbocycles. The van der Waals surface area contributed by atoms with Gasteiger partial charge in [0.05, 0.1) is 17.7 Å². The number of primary sulfonamides is 1. The van der Waals surface area contributed by atoms with Crippen LogP contribution in [0.1, 0.15) is 22.7 Å². The minimum absolute atomic E-state index is 0.0418. The number of nitrogens with two attached hydrogens (primary N) is 1. The summed E-state index contributed by atoms with van der Waals surface area (Å²) in [5, 5.41) is 11.3. The van der Waals surface area contributed by atoms with E-state index in [1.54, 1.807) is 19.2 Å². The zero-order valence-corrected chi connectivity index (χ0v) is 18.1. The molecule has 0 aliphatic carbocycles. The fraction of sp³-hybridized carbons (Fsp3) is 0.174. The third-order valence-corrected chi connectivity index (χ3v) is 5.70. The quantitative estimate of drug-likeness (QED) is 0.499. The number of carbonyl (C=O) groups excluding carboxylic acids is 1. The normalized spacial score (nSPS) is 12.2. The van der Waals surface area contributed by atoms with E-state index in [0.29, 0.717) is 18.0 Å². The number of hydrogen-bond donors (Lipinski definition) is 3. The van der Waals surface area contributed by atoms with Crippen LogP contribution in [0.25, 0.3) is 0 Å². The number of amides is 1. The molecule has 0 aliphatic heterocycles. The Kier molecular flexibility index (Phi) is 7.06. The largest absolute Gasteiger partial charge is 0.495 e. The Balaban J connectivity index is 1.81. The second-order valence-electron chi connectivity index (χ2n) is 7.11. The van der Waals surface area contributed by atoms with E-state index in [0.717, 1.165) is 16.7 Å². The molecular weight excluding hydrogens is 414 g/mol. The zero-order chi connectivity index (χ0) is 22.4. The van der Waals surface area contributed by atoms with Gasteiger partial charge < -0.3 is 10.1 Å². The highest BCUT2D eigenvalue weighted by Crippen LogP contribution is 2.27. The number of nitrogens with one attached hydrogen (secondary N) is 2. The van der Waals surface area contributed by atoms with Crippen molar-refractivity contribution < 1.29 is 17.9 Å². The molecule has 0 heterocycles. The van der Waals surface area contributed by atoms with Crippen LogP contribution in [0, 0.1) is 6.92 Å². The molecule has 0 spiro atoms. The molecule has 3 rings (SSSR count). The lowest BCUT2D eigenvalue weighted by atomic mass is 10.1. The van der Waals surface area contributed by atoms with Crippen molar-refractivity contribution in [3.05, 3.63) is 89.5 Å². The number of aryl methyl sites for hydroxylation is 1. The van der Waals surface area contributed by atoms with Crippen molar-refractivity contribution in [2.45, 2.75) is 24.4 Å². The third kappa shape index (κ3) is 5.91. The van der Waals surface area contributed by atoms with Crippen LogP contribution in [-0.2, 0) is 21.4 Å². The second kappa shape index (κ2) is 9.74. The maximum Gasteiger partial charge on any atom is 0.246 e. The van der Waals surface area contributed by atoms with Crippen molar-refractivity contribution in [1.29, 1.82) is 0 Å². The lowest BCUT2D eigenvalue weighted by molar-refractivity contribution is -0.118. The van der Waals surface area contributed by atoms with Crippen LogP contribution >= 0.6 is 0 Å². The predicted molar refractivity (Wildman–Crippen MR) is 120 cm³/mol. The molecule has 0 aliphatic rings. The standard InChI is InChI=1S/C23H25N3O4S/c1-16-8-13-21(30-2)20(14-16)26-23(27)22(18-6-4-3-5-7-18)25-15-17-9-11-19(12-10-17)31(24,28)29/h3-14,22,25H,15H2,1-2H3,(H,26,27)(H2,24,28,29)/t22-/m1/s1. The summed E-state index contributed by atoms with van der Waals surface area (Å²) in [5.41, 5.74) is 3.20.